The van der Waals surface area contributed by atoms with E-state index < -0.39 is 10.0 Å². The maximum absolute atomic E-state index is 11.7. The van der Waals surface area contributed by atoms with Gasteiger partial charge in [0, 0.05) is 37.2 Å². The molecule has 1 spiro atoms. The largest absolute Gasteiger partial charge is 0.352 e. The van der Waals surface area contributed by atoms with Crippen LogP contribution in [-0.4, -0.2) is 57.0 Å². The fourth-order valence-electron chi connectivity index (χ4n) is 4.08. The molecule has 0 amide bonds. The molecule has 1 aliphatic carbocycles. The number of thioether (sulfide) groups is 1. The second-order valence-electron chi connectivity index (χ2n) is 7.69. The number of sulfonamides is 1. The summed E-state index contributed by atoms with van der Waals surface area (Å²) in [5.74, 6) is 2.13. The van der Waals surface area contributed by atoms with Crippen LogP contribution in [0.1, 0.15) is 43.2 Å². The number of guanidine groups is 1. The van der Waals surface area contributed by atoms with E-state index in [1.165, 1.54) is 39.2 Å². The van der Waals surface area contributed by atoms with E-state index in [2.05, 4.69) is 31.7 Å². The van der Waals surface area contributed by atoms with Gasteiger partial charge in [0.1, 0.15) is 0 Å². The number of nitrogens with one attached hydrogen (secondary N) is 2. The van der Waals surface area contributed by atoms with Crippen molar-refractivity contribution in [2.24, 2.45) is 4.99 Å². The molecule has 8 heteroatoms. The van der Waals surface area contributed by atoms with Gasteiger partial charge in [0.2, 0.25) is 10.0 Å². The minimum absolute atomic E-state index is 0.00635. The summed E-state index contributed by atoms with van der Waals surface area (Å²) in [5.41, 5.74) is 1.90. The first kappa shape index (κ1) is 21.5. The van der Waals surface area contributed by atoms with Gasteiger partial charge in [-0.15, -0.1) is 0 Å². The topological polar surface area (TPSA) is 73.8 Å². The fourth-order valence-corrected chi connectivity index (χ4v) is 6.43. The Kier molecular flexibility index (Phi) is 7.28. The van der Waals surface area contributed by atoms with E-state index in [9.17, 15) is 8.42 Å². The summed E-state index contributed by atoms with van der Waals surface area (Å²) in [5, 5.41) is 3.49. The van der Waals surface area contributed by atoms with Gasteiger partial charge in [-0.2, -0.15) is 11.8 Å². The summed E-state index contributed by atoms with van der Waals surface area (Å²) in [6, 6.07) is 7.72. The van der Waals surface area contributed by atoms with E-state index in [4.69, 9.17) is 0 Å². The van der Waals surface area contributed by atoms with E-state index in [1.807, 2.05) is 31.3 Å². The molecule has 1 heterocycles. The zero-order valence-electron chi connectivity index (χ0n) is 16.9. The number of hydrogen-bond donors (Lipinski definition) is 2. The smallest absolute Gasteiger partial charge is 0.215 e. The summed E-state index contributed by atoms with van der Waals surface area (Å²) >= 11 is 2.16. The third-order valence-electron chi connectivity index (χ3n) is 5.67. The van der Waals surface area contributed by atoms with Gasteiger partial charge in [-0.05, 0) is 31.0 Å². The van der Waals surface area contributed by atoms with E-state index in [0.717, 1.165) is 35.9 Å². The summed E-state index contributed by atoms with van der Waals surface area (Å²) in [6.45, 7) is 2.80. The average Bonchev–Trinajstić information content (AvgIpc) is 2.70. The molecule has 1 aromatic rings. The lowest BCUT2D eigenvalue weighted by Crippen LogP contribution is -2.53. The Morgan fingerprint density at radius 1 is 1.18 bits per heavy atom. The summed E-state index contributed by atoms with van der Waals surface area (Å²) < 4.78 is 26.1. The van der Waals surface area contributed by atoms with Crippen molar-refractivity contribution in [1.82, 2.24) is 14.9 Å². The molecule has 0 radical (unpaired) electrons. The van der Waals surface area contributed by atoms with Gasteiger partial charge in [0.05, 0.1) is 5.75 Å². The fraction of sp³-hybridized carbons (Fsp3) is 0.650. The Morgan fingerprint density at radius 3 is 2.50 bits per heavy atom. The molecule has 2 aliphatic rings. The molecule has 0 atom stereocenters. The second-order valence-corrected chi connectivity index (χ2v) is 11.2. The van der Waals surface area contributed by atoms with Crippen LogP contribution < -0.4 is 10.0 Å². The van der Waals surface area contributed by atoms with Crippen LogP contribution in [0.3, 0.4) is 0 Å². The molecule has 28 heavy (non-hydrogen) atoms. The molecule has 1 aliphatic heterocycles. The first-order valence-corrected chi connectivity index (χ1v) is 12.7. The Hall–Kier alpha value is -1.25. The number of benzene rings is 1. The molecule has 6 nitrogen and oxygen atoms in total. The molecule has 3 rings (SSSR count). The number of rotatable bonds is 5. The minimum atomic E-state index is -3.24. The first-order chi connectivity index (χ1) is 13.5. The second kappa shape index (κ2) is 9.50. The molecular formula is C20H32N4O2S2. The summed E-state index contributed by atoms with van der Waals surface area (Å²) in [4.78, 5) is 6.93. The highest BCUT2D eigenvalue weighted by molar-refractivity contribution is 8.00. The van der Waals surface area contributed by atoms with E-state index in [1.54, 1.807) is 0 Å². The van der Waals surface area contributed by atoms with Gasteiger partial charge >= 0.3 is 0 Å². The molecule has 1 saturated heterocycles. The molecule has 0 unspecified atom stereocenters. The van der Waals surface area contributed by atoms with Crippen LogP contribution in [0.4, 0.5) is 0 Å². The van der Waals surface area contributed by atoms with Crippen molar-refractivity contribution >= 4 is 27.7 Å². The minimum Gasteiger partial charge on any atom is -0.352 e. The van der Waals surface area contributed by atoms with Gasteiger partial charge in [0.25, 0.3) is 0 Å². The van der Waals surface area contributed by atoms with Gasteiger partial charge < -0.3 is 10.2 Å². The molecule has 156 valence electrons. The van der Waals surface area contributed by atoms with Gasteiger partial charge in [0.15, 0.2) is 5.96 Å². The van der Waals surface area contributed by atoms with Crippen LogP contribution in [-0.2, 0) is 22.3 Å². The normalized spacial score (nSPS) is 20.4. The maximum Gasteiger partial charge on any atom is 0.215 e. The summed E-state index contributed by atoms with van der Waals surface area (Å²) in [6.07, 6.45) is 6.72. The molecule has 2 N–H and O–H groups in total. The zero-order chi connectivity index (χ0) is 20.0. The highest BCUT2D eigenvalue weighted by atomic mass is 32.2. The monoisotopic (exact) mass is 424 g/mol. The van der Waals surface area contributed by atoms with Crippen molar-refractivity contribution in [2.75, 3.05) is 32.9 Å². The lowest BCUT2D eigenvalue weighted by molar-refractivity contribution is 0.293. The average molecular weight is 425 g/mol. The number of nitrogens with zero attached hydrogens (tertiary/aromatic N) is 2. The van der Waals surface area contributed by atoms with Gasteiger partial charge in [-0.25, -0.2) is 13.1 Å². The molecular weight excluding hydrogens is 392 g/mol. The van der Waals surface area contributed by atoms with Crippen molar-refractivity contribution < 1.29 is 8.42 Å². The maximum atomic E-state index is 11.7. The van der Waals surface area contributed by atoms with Crippen LogP contribution in [0.2, 0.25) is 0 Å². The number of aliphatic imine (C=N–C) groups is 1. The van der Waals surface area contributed by atoms with Crippen LogP contribution in [0.5, 0.6) is 0 Å². The highest BCUT2D eigenvalue weighted by Gasteiger charge is 2.38. The Balaban J connectivity index is 1.56. The van der Waals surface area contributed by atoms with E-state index in [0.29, 0.717) is 11.3 Å². The van der Waals surface area contributed by atoms with E-state index in [-0.39, 0.29) is 5.75 Å². The Morgan fingerprint density at radius 2 is 1.86 bits per heavy atom. The SMILES string of the molecule is CN=C(NCc1ccc(CS(=O)(=O)NC)cc1)N1CCSC2(CCCCC2)C1. The quantitative estimate of drug-likeness (QED) is 0.561. The van der Waals surface area contributed by atoms with Crippen molar-refractivity contribution in [3.8, 4) is 0 Å². The summed E-state index contributed by atoms with van der Waals surface area (Å²) in [7, 11) is 0.0541. The van der Waals surface area contributed by atoms with Gasteiger partial charge in [-0.1, -0.05) is 43.5 Å². The molecule has 0 bridgehead atoms. The molecule has 1 aromatic carbocycles. The Bertz CT molecular complexity index is 766. The number of hydrogen-bond acceptors (Lipinski definition) is 4. The van der Waals surface area contributed by atoms with Crippen molar-refractivity contribution in [1.29, 1.82) is 0 Å². The van der Waals surface area contributed by atoms with Crippen LogP contribution in [0.15, 0.2) is 29.3 Å². The lowest BCUT2D eigenvalue weighted by Gasteiger charge is -2.45. The lowest BCUT2D eigenvalue weighted by atomic mass is 9.87. The molecule has 1 saturated carbocycles. The third-order valence-corrected chi connectivity index (χ3v) is 8.54. The van der Waals surface area contributed by atoms with Crippen molar-refractivity contribution in [3.63, 3.8) is 0 Å². The van der Waals surface area contributed by atoms with Crippen molar-refractivity contribution in [2.45, 2.75) is 49.1 Å². The predicted molar refractivity (Wildman–Crippen MR) is 118 cm³/mol. The predicted octanol–water partition coefficient (Wildman–Crippen LogP) is 2.56. The Labute approximate surface area is 173 Å². The van der Waals surface area contributed by atoms with E-state index >= 15 is 0 Å². The third kappa shape index (κ3) is 5.64. The van der Waals surface area contributed by atoms with Crippen LogP contribution in [0.25, 0.3) is 0 Å². The zero-order valence-corrected chi connectivity index (χ0v) is 18.5. The van der Waals surface area contributed by atoms with Gasteiger partial charge in [-0.3, -0.25) is 4.99 Å². The van der Waals surface area contributed by atoms with Crippen molar-refractivity contribution in [3.05, 3.63) is 35.4 Å². The molecule has 0 aromatic heterocycles. The standard InChI is InChI=1S/C20H32N4O2S2/c1-21-19(24-12-13-27-20(16-24)10-4-3-5-11-20)23-14-17-6-8-18(9-7-17)15-28(25,26)22-2/h6-9,22H,3-5,10-16H2,1-2H3,(H,21,23). The molecule has 2 fully saturated rings. The first-order valence-electron chi connectivity index (χ1n) is 10.0. The van der Waals surface area contributed by atoms with Crippen LogP contribution >= 0.6 is 11.8 Å². The highest BCUT2D eigenvalue weighted by Crippen LogP contribution is 2.42. The van der Waals surface area contributed by atoms with Crippen LogP contribution in [0, 0.1) is 0 Å².